The van der Waals surface area contributed by atoms with E-state index in [9.17, 15) is 4.79 Å². The van der Waals surface area contributed by atoms with E-state index in [0.717, 1.165) is 16.9 Å². The van der Waals surface area contributed by atoms with Crippen LogP contribution in [0.2, 0.25) is 0 Å². The highest BCUT2D eigenvalue weighted by Crippen LogP contribution is 2.26. The van der Waals surface area contributed by atoms with Gasteiger partial charge in [0.2, 0.25) is 5.91 Å². The number of anilines is 1. The van der Waals surface area contributed by atoms with Gasteiger partial charge >= 0.3 is 0 Å². The van der Waals surface area contributed by atoms with Gasteiger partial charge in [-0.15, -0.1) is 0 Å². The quantitative estimate of drug-likeness (QED) is 0.833. The van der Waals surface area contributed by atoms with Gasteiger partial charge in [0.15, 0.2) is 0 Å². The molecule has 1 aromatic carbocycles. The first-order valence-corrected chi connectivity index (χ1v) is 5.20. The summed E-state index contributed by atoms with van der Waals surface area (Å²) >= 11 is 0. The third kappa shape index (κ3) is 2.13. The van der Waals surface area contributed by atoms with Crippen LogP contribution in [0.3, 0.4) is 0 Å². The highest BCUT2D eigenvalue weighted by molar-refractivity contribution is 6.00. The zero-order chi connectivity index (χ0) is 12.4. The summed E-state index contributed by atoms with van der Waals surface area (Å²) in [6.07, 6.45) is 1.64. The Morgan fingerprint density at radius 2 is 2.12 bits per heavy atom. The fourth-order valence-electron chi connectivity index (χ4n) is 1.65. The molecule has 0 aliphatic rings. The largest absolute Gasteiger partial charge is 0.378 e. The molecule has 0 atom stereocenters. The van der Waals surface area contributed by atoms with Crippen molar-refractivity contribution in [2.24, 2.45) is 5.73 Å². The van der Waals surface area contributed by atoms with Gasteiger partial charge in [-0.2, -0.15) is 5.10 Å². The molecule has 0 saturated heterocycles. The van der Waals surface area contributed by atoms with E-state index in [2.05, 4.69) is 10.2 Å². The van der Waals surface area contributed by atoms with Crippen molar-refractivity contribution in [1.29, 1.82) is 0 Å². The molecule has 0 unspecified atom stereocenters. The Balaban J connectivity index is 2.60. The summed E-state index contributed by atoms with van der Waals surface area (Å²) in [6, 6.07) is 7.31. The first-order valence-electron chi connectivity index (χ1n) is 5.20. The van der Waals surface area contributed by atoms with E-state index in [1.165, 1.54) is 0 Å². The van der Waals surface area contributed by atoms with Gasteiger partial charge in [-0.1, -0.05) is 0 Å². The van der Waals surface area contributed by atoms with Gasteiger partial charge in [0, 0.05) is 37.1 Å². The maximum atomic E-state index is 11.4. The zero-order valence-electron chi connectivity index (χ0n) is 9.77. The lowest BCUT2D eigenvalue weighted by atomic mass is 10.0. The highest BCUT2D eigenvalue weighted by Gasteiger charge is 2.12. The third-order valence-corrected chi connectivity index (χ3v) is 2.58. The number of nitrogens with two attached hydrogens (primary N) is 1. The van der Waals surface area contributed by atoms with Crippen molar-refractivity contribution < 1.29 is 4.79 Å². The van der Waals surface area contributed by atoms with E-state index in [4.69, 9.17) is 5.73 Å². The molecule has 0 aliphatic heterocycles. The molecule has 17 heavy (non-hydrogen) atoms. The number of carbonyl (C=O) groups excluding carboxylic acids is 1. The molecule has 0 bridgehead atoms. The SMILES string of the molecule is CN(C)c1ccc(C(N)=O)c(-c2ccn[nH]2)c1. The van der Waals surface area contributed by atoms with Gasteiger partial charge in [0.25, 0.3) is 0 Å². The van der Waals surface area contributed by atoms with Crippen LogP contribution in [0.4, 0.5) is 5.69 Å². The predicted octanol–water partition coefficient (Wildman–Crippen LogP) is 1.24. The molecule has 5 heteroatoms. The Labute approximate surface area is 99.2 Å². The smallest absolute Gasteiger partial charge is 0.249 e. The van der Waals surface area contributed by atoms with Gasteiger partial charge in [-0.05, 0) is 24.3 Å². The summed E-state index contributed by atoms with van der Waals surface area (Å²) in [5.41, 5.74) is 8.39. The number of amides is 1. The van der Waals surface area contributed by atoms with Gasteiger partial charge in [-0.25, -0.2) is 0 Å². The van der Waals surface area contributed by atoms with Crippen molar-refractivity contribution in [2.75, 3.05) is 19.0 Å². The number of benzene rings is 1. The van der Waals surface area contributed by atoms with Crippen LogP contribution in [-0.4, -0.2) is 30.2 Å². The van der Waals surface area contributed by atoms with Gasteiger partial charge < -0.3 is 10.6 Å². The van der Waals surface area contributed by atoms with E-state index >= 15 is 0 Å². The second kappa shape index (κ2) is 4.29. The Morgan fingerprint density at radius 3 is 2.65 bits per heavy atom. The van der Waals surface area contributed by atoms with Crippen molar-refractivity contribution in [1.82, 2.24) is 10.2 Å². The molecule has 0 saturated carbocycles. The van der Waals surface area contributed by atoms with Crippen molar-refractivity contribution in [3.63, 3.8) is 0 Å². The predicted molar refractivity (Wildman–Crippen MR) is 66.9 cm³/mol. The van der Waals surface area contributed by atoms with Crippen LogP contribution < -0.4 is 10.6 Å². The van der Waals surface area contributed by atoms with Crippen molar-refractivity contribution in [3.05, 3.63) is 36.0 Å². The number of nitrogens with one attached hydrogen (secondary N) is 1. The molecule has 88 valence electrons. The number of carbonyl (C=O) groups is 1. The molecule has 2 rings (SSSR count). The Morgan fingerprint density at radius 1 is 1.35 bits per heavy atom. The minimum absolute atomic E-state index is 0.445. The van der Waals surface area contributed by atoms with Gasteiger partial charge in [0.05, 0.1) is 5.69 Å². The summed E-state index contributed by atoms with van der Waals surface area (Å²) in [4.78, 5) is 13.3. The number of H-pyrrole nitrogens is 1. The number of hydrogen-bond donors (Lipinski definition) is 2. The van der Waals surface area contributed by atoms with Gasteiger partial charge in [-0.3, -0.25) is 9.89 Å². The molecule has 0 spiro atoms. The number of aromatic nitrogens is 2. The lowest BCUT2D eigenvalue weighted by molar-refractivity contribution is 0.100. The molecule has 0 aliphatic carbocycles. The standard InChI is InChI=1S/C12H14N4O/c1-16(2)8-3-4-9(12(13)17)10(7-8)11-5-6-14-15-11/h3-7H,1-2H3,(H2,13,17)(H,14,15). The Kier molecular flexibility index (Phi) is 2.82. The number of hydrogen-bond acceptors (Lipinski definition) is 3. The molecule has 0 fully saturated rings. The number of aromatic amines is 1. The average Bonchev–Trinajstić information content (AvgIpc) is 2.81. The van der Waals surface area contributed by atoms with E-state index in [1.807, 2.05) is 31.1 Å². The first-order chi connectivity index (χ1) is 8.09. The summed E-state index contributed by atoms with van der Waals surface area (Å²) in [5.74, 6) is -0.445. The maximum Gasteiger partial charge on any atom is 0.249 e. The number of nitrogens with zero attached hydrogens (tertiary/aromatic N) is 2. The van der Waals surface area contributed by atoms with E-state index in [-0.39, 0.29) is 0 Å². The summed E-state index contributed by atoms with van der Waals surface area (Å²) in [7, 11) is 3.88. The minimum atomic E-state index is -0.445. The second-order valence-corrected chi connectivity index (χ2v) is 3.96. The summed E-state index contributed by atoms with van der Waals surface area (Å²) < 4.78 is 0. The van der Waals surface area contributed by atoms with Crippen LogP contribution in [0, 0.1) is 0 Å². The zero-order valence-corrected chi connectivity index (χ0v) is 9.77. The fourth-order valence-corrected chi connectivity index (χ4v) is 1.65. The van der Waals surface area contributed by atoms with Crippen LogP contribution in [-0.2, 0) is 0 Å². The molecular weight excluding hydrogens is 216 g/mol. The topological polar surface area (TPSA) is 75.0 Å². The molecule has 2 aromatic rings. The van der Waals surface area contributed by atoms with Crippen LogP contribution in [0.1, 0.15) is 10.4 Å². The lowest BCUT2D eigenvalue weighted by Gasteiger charge is -2.15. The van der Waals surface area contributed by atoms with Crippen LogP contribution >= 0.6 is 0 Å². The molecule has 3 N–H and O–H groups in total. The monoisotopic (exact) mass is 230 g/mol. The van der Waals surface area contributed by atoms with Crippen molar-refractivity contribution >= 4 is 11.6 Å². The average molecular weight is 230 g/mol. The maximum absolute atomic E-state index is 11.4. The van der Waals surface area contributed by atoms with E-state index < -0.39 is 5.91 Å². The van der Waals surface area contributed by atoms with Crippen LogP contribution in [0.25, 0.3) is 11.3 Å². The highest BCUT2D eigenvalue weighted by atomic mass is 16.1. The van der Waals surface area contributed by atoms with E-state index in [1.54, 1.807) is 18.3 Å². The summed E-state index contributed by atoms with van der Waals surface area (Å²) in [6.45, 7) is 0. The van der Waals surface area contributed by atoms with Crippen LogP contribution in [0.15, 0.2) is 30.5 Å². The minimum Gasteiger partial charge on any atom is -0.378 e. The normalized spacial score (nSPS) is 10.2. The summed E-state index contributed by atoms with van der Waals surface area (Å²) in [5, 5.41) is 6.72. The van der Waals surface area contributed by atoms with Crippen molar-refractivity contribution in [2.45, 2.75) is 0 Å². The third-order valence-electron chi connectivity index (χ3n) is 2.58. The Bertz CT molecular complexity index is 531. The molecule has 5 nitrogen and oxygen atoms in total. The second-order valence-electron chi connectivity index (χ2n) is 3.96. The Hall–Kier alpha value is -2.30. The molecule has 1 aromatic heterocycles. The molecule has 0 radical (unpaired) electrons. The van der Waals surface area contributed by atoms with E-state index in [0.29, 0.717) is 5.56 Å². The first kappa shape index (κ1) is 11.2. The lowest BCUT2D eigenvalue weighted by Crippen LogP contribution is -2.14. The van der Waals surface area contributed by atoms with Crippen LogP contribution in [0.5, 0.6) is 0 Å². The molecular formula is C12H14N4O. The molecule has 1 amide bonds. The molecule has 1 heterocycles. The van der Waals surface area contributed by atoms with Gasteiger partial charge in [0.1, 0.15) is 0 Å². The van der Waals surface area contributed by atoms with Crippen molar-refractivity contribution in [3.8, 4) is 11.3 Å². The fraction of sp³-hybridized carbons (Fsp3) is 0.167. The number of rotatable bonds is 3. The number of primary amides is 1.